The van der Waals surface area contributed by atoms with E-state index in [2.05, 4.69) is 38.6 Å². The number of carbonyl (C=O) groups is 2. The van der Waals surface area contributed by atoms with Crippen LogP contribution in [0.25, 0.3) is 0 Å². The molecule has 38 heavy (non-hydrogen) atoms. The second-order valence-corrected chi connectivity index (χ2v) is 11.4. The Hall–Kier alpha value is -3.84. The Morgan fingerprint density at radius 1 is 1.34 bits per heavy atom. The highest BCUT2D eigenvalue weighted by molar-refractivity contribution is 6.30. The van der Waals surface area contributed by atoms with Crippen LogP contribution in [0.4, 0.5) is 5.95 Å². The molecule has 3 aromatic rings. The third-order valence-corrected chi connectivity index (χ3v) is 8.48. The lowest BCUT2D eigenvalue weighted by Gasteiger charge is -2.46. The minimum atomic E-state index is -0.295. The van der Waals surface area contributed by atoms with Gasteiger partial charge in [0.2, 0.25) is 11.9 Å². The Balaban J connectivity index is 1.10. The van der Waals surface area contributed by atoms with Gasteiger partial charge in [0.15, 0.2) is 5.69 Å². The van der Waals surface area contributed by atoms with Crippen LogP contribution in [0.5, 0.6) is 0 Å². The molecule has 10 nitrogen and oxygen atoms in total. The zero-order valence-electron chi connectivity index (χ0n) is 21.3. The number of aromatic nitrogens is 5. The molecule has 3 heterocycles. The lowest BCUT2D eigenvalue weighted by molar-refractivity contribution is -0.118. The number of halogens is 1. The minimum Gasteiger partial charge on any atom is -0.348 e. The first-order valence-corrected chi connectivity index (χ1v) is 13.1. The van der Waals surface area contributed by atoms with Crippen LogP contribution < -0.4 is 10.2 Å². The Kier molecular flexibility index (Phi) is 5.72. The molecule has 6 rings (SSSR count). The Bertz CT molecular complexity index is 1500. The number of carbonyl (C=O) groups excluding carboxylic acids is 2. The van der Waals surface area contributed by atoms with E-state index >= 15 is 0 Å². The molecule has 3 atom stereocenters. The highest BCUT2D eigenvalue weighted by Crippen LogP contribution is 2.47. The Morgan fingerprint density at radius 2 is 2.13 bits per heavy atom. The van der Waals surface area contributed by atoms with E-state index < -0.39 is 0 Å². The van der Waals surface area contributed by atoms with Gasteiger partial charge < -0.3 is 5.32 Å². The van der Waals surface area contributed by atoms with Gasteiger partial charge in [-0.2, -0.15) is 5.26 Å². The molecule has 1 aromatic carbocycles. The predicted molar refractivity (Wildman–Crippen MR) is 139 cm³/mol. The fourth-order valence-electron chi connectivity index (χ4n) is 5.90. The number of anilines is 1. The summed E-state index contributed by atoms with van der Waals surface area (Å²) in [6.07, 6.45) is 5.72. The van der Waals surface area contributed by atoms with Crippen LogP contribution >= 0.6 is 11.6 Å². The SMILES string of the molecule is Cc1nc(N2C[C@H]3C[C@H]3C2=O)ncc1C(C)n1cc(C(=O)NC2CC(C)(c3cc(Cl)ccc3C#N)C2)nn1. The first-order chi connectivity index (χ1) is 18.2. The van der Waals surface area contributed by atoms with Crippen molar-refractivity contribution in [1.82, 2.24) is 30.3 Å². The molecule has 0 spiro atoms. The number of hydrogen-bond acceptors (Lipinski definition) is 7. The molecule has 2 aromatic heterocycles. The monoisotopic (exact) mass is 530 g/mol. The van der Waals surface area contributed by atoms with Crippen molar-refractivity contribution in [3.63, 3.8) is 0 Å². The molecule has 3 aliphatic rings. The first-order valence-electron chi connectivity index (χ1n) is 12.7. The van der Waals surface area contributed by atoms with Crippen LogP contribution in [-0.2, 0) is 10.2 Å². The highest BCUT2D eigenvalue weighted by Gasteiger charge is 2.53. The van der Waals surface area contributed by atoms with Crippen LogP contribution in [0.3, 0.4) is 0 Å². The third kappa shape index (κ3) is 4.11. The summed E-state index contributed by atoms with van der Waals surface area (Å²) >= 11 is 6.17. The van der Waals surface area contributed by atoms with Gasteiger partial charge in [0, 0.05) is 41.0 Å². The maximum atomic E-state index is 12.9. The van der Waals surface area contributed by atoms with Gasteiger partial charge in [0.25, 0.3) is 5.91 Å². The third-order valence-electron chi connectivity index (χ3n) is 8.24. The fourth-order valence-corrected chi connectivity index (χ4v) is 6.07. The van der Waals surface area contributed by atoms with Crippen LogP contribution in [0.1, 0.15) is 72.0 Å². The molecule has 0 bridgehead atoms. The number of nitrogens with one attached hydrogen (secondary N) is 1. The summed E-state index contributed by atoms with van der Waals surface area (Å²) in [6.45, 7) is 6.59. The number of benzene rings is 1. The number of aryl methyl sites for hydroxylation is 1. The van der Waals surface area contributed by atoms with E-state index in [1.54, 1.807) is 34.1 Å². The van der Waals surface area contributed by atoms with Crippen molar-refractivity contribution < 1.29 is 9.59 Å². The Labute approximate surface area is 225 Å². The lowest BCUT2D eigenvalue weighted by Crippen LogP contribution is -2.52. The summed E-state index contributed by atoms with van der Waals surface area (Å²) in [5.41, 5.74) is 3.10. The highest BCUT2D eigenvalue weighted by atomic mass is 35.5. The quantitative estimate of drug-likeness (QED) is 0.517. The predicted octanol–water partition coefficient (Wildman–Crippen LogP) is 3.34. The lowest BCUT2D eigenvalue weighted by atomic mass is 9.62. The standard InChI is InChI=1S/C27H27ClN8O2/c1-14-21(11-30-26(31-14)35-12-17-6-20(17)25(35)38)15(2)36-13-23(33-34-36)24(37)32-19-8-27(3,9-19)22-7-18(28)5-4-16(22)10-29/h4-5,7,11,13,15,17,19-20H,6,8-9,12H2,1-3H3,(H,32,37)/t15?,17-,19?,20-,27?/m1/s1. The molecule has 1 aliphatic heterocycles. The van der Waals surface area contributed by atoms with Crippen LogP contribution in [0.2, 0.25) is 5.02 Å². The van der Waals surface area contributed by atoms with E-state index in [0.717, 1.165) is 23.2 Å². The molecule has 2 amide bonds. The van der Waals surface area contributed by atoms with Gasteiger partial charge in [-0.1, -0.05) is 23.7 Å². The van der Waals surface area contributed by atoms with E-state index in [9.17, 15) is 14.9 Å². The average Bonchev–Trinajstić information content (AvgIpc) is 3.33. The number of nitrogens with zero attached hydrogens (tertiary/aromatic N) is 7. The largest absolute Gasteiger partial charge is 0.348 e. The molecule has 1 N–H and O–H groups in total. The second kappa shape index (κ2) is 8.88. The number of fused-ring (bicyclic) bond motifs is 1. The first kappa shape index (κ1) is 24.5. The van der Waals surface area contributed by atoms with Gasteiger partial charge in [-0.3, -0.25) is 14.5 Å². The smallest absolute Gasteiger partial charge is 0.273 e. The van der Waals surface area contributed by atoms with E-state index in [4.69, 9.17) is 11.6 Å². The summed E-state index contributed by atoms with van der Waals surface area (Å²) in [7, 11) is 0. The van der Waals surface area contributed by atoms with E-state index in [-0.39, 0.29) is 40.9 Å². The molecule has 2 saturated carbocycles. The molecule has 194 valence electrons. The van der Waals surface area contributed by atoms with Crippen molar-refractivity contribution in [2.45, 2.75) is 57.5 Å². The maximum absolute atomic E-state index is 12.9. The van der Waals surface area contributed by atoms with E-state index in [1.807, 2.05) is 19.9 Å². The van der Waals surface area contributed by atoms with Crippen LogP contribution in [-0.4, -0.2) is 49.4 Å². The summed E-state index contributed by atoms with van der Waals surface area (Å²) in [6, 6.07) is 7.25. The fraction of sp³-hybridized carbons (Fsp3) is 0.444. The van der Waals surface area contributed by atoms with Gasteiger partial charge in [0.1, 0.15) is 0 Å². The summed E-state index contributed by atoms with van der Waals surface area (Å²) in [5, 5.41) is 21.4. The van der Waals surface area contributed by atoms with Gasteiger partial charge in [-0.15, -0.1) is 5.10 Å². The molecule has 2 aliphatic carbocycles. The molecule has 1 unspecified atom stereocenters. The number of piperidine rings is 1. The van der Waals surface area contributed by atoms with Crippen molar-refractivity contribution >= 4 is 29.4 Å². The van der Waals surface area contributed by atoms with Crippen molar-refractivity contribution in [2.24, 2.45) is 11.8 Å². The second-order valence-electron chi connectivity index (χ2n) is 11.0. The molecule has 3 fully saturated rings. The number of nitriles is 1. The van der Waals surface area contributed by atoms with Crippen LogP contribution in [0.15, 0.2) is 30.6 Å². The average molecular weight is 531 g/mol. The summed E-state index contributed by atoms with van der Waals surface area (Å²) < 4.78 is 1.62. The van der Waals surface area contributed by atoms with Crippen molar-refractivity contribution in [3.05, 3.63) is 63.7 Å². The maximum Gasteiger partial charge on any atom is 0.273 e. The topological polar surface area (TPSA) is 130 Å². The van der Waals surface area contributed by atoms with Crippen molar-refractivity contribution in [2.75, 3.05) is 11.4 Å². The normalized spacial score (nSPS) is 26.3. The van der Waals surface area contributed by atoms with Crippen molar-refractivity contribution in [3.8, 4) is 6.07 Å². The van der Waals surface area contributed by atoms with E-state index in [0.29, 0.717) is 41.8 Å². The van der Waals surface area contributed by atoms with Crippen molar-refractivity contribution in [1.29, 1.82) is 5.26 Å². The number of hydrogen-bond donors (Lipinski definition) is 1. The van der Waals surface area contributed by atoms with Crippen LogP contribution in [0, 0.1) is 30.1 Å². The zero-order valence-corrected chi connectivity index (χ0v) is 22.1. The zero-order chi connectivity index (χ0) is 26.8. The molecular formula is C27H27ClN8O2. The van der Waals surface area contributed by atoms with Gasteiger partial charge >= 0.3 is 0 Å². The van der Waals surface area contributed by atoms with Gasteiger partial charge in [0.05, 0.1) is 23.9 Å². The molecular weight excluding hydrogens is 504 g/mol. The number of rotatable bonds is 6. The number of amides is 2. The molecule has 11 heteroatoms. The minimum absolute atomic E-state index is 0.0388. The summed E-state index contributed by atoms with van der Waals surface area (Å²) in [4.78, 5) is 36.0. The van der Waals surface area contributed by atoms with E-state index in [1.165, 1.54) is 0 Å². The summed E-state index contributed by atoms with van der Waals surface area (Å²) in [5.74, 6) is 0.869. The molecule has 1 saturated heterocycles. The molecule has 0 radical (unpaired) electrons. The Morgan fingerprint density at radius 3 is 2.82 bits per heavy atom. The van der Waals surface area contributed by atoms with Gasteiger partial charge in [-0.25, -0.2) is 14.6 Å². The van der Waals surface area contributed by atoms with Gasteiger partial charge in [-0.05, 0) is 68.2 Å².